The molecule has 1 atom stereocenters. The zero-order valence-electron chi connectivity index (χ0n) is 12.3. The standard InChI is InChI=1S/C13H26N2O4/c1-5-19-7-6-14-12(18)15-10(8-11(16)17)9-13(2,3)4/h10H,5-9H2,1-4H3,(H,16,17)(H2,14,15,18). The number of carboxylic acid groups (broad SMARTS) is 1. The molecule has 3 N–H and O–H groups in total. The number of hydrogen-bond acceptors (Lipinski definition) is 3. The summed E-state index contributed by atoms with van der Waals surface area (Å²) in [6, 6.07) is -0.722. The quantitative estimate of drug-likeness (QED) is 0.587. The first-order chi connectivity index (χ1) is 8.74. The van der Waals surface area contributed by atoms with Crippen molar-refractivity contribution in [3.63, 3.8) is 0 Å². The van der Waals surface area contributed by atoms with Crippen LogP contribution in [0.2, 0.25) is 0 Å². The Kier molecular flexibility index (Phi) is 8.14. The molecule has 1 unspecified atom stereocenters. The normalized spacial score (nSPS) is 12.8. The van der Waals surface area contributed by atoms with Gasteiger partial charge < -0.3 is 20.5 Å². The average molecular weight is 274 g/mol. The van der Waals surface area contributed by atoms with Crippen LogP contribution in [-0.4, -0.2) is 42.9 Å². The third kappa shape index (κ3) is 11.5. The van der Waals surface area contributed by atoms with E-state index in [2.05, 4.69) is 10.6 Å². The third-order valence-corrected chi connectivity index (χ3v) is 2.35. The maximum Gasteiger partial charge on any atom is 0.315 e. The highest BCUT2D eigenvalue weighted by molar-refractivity contribution is 5.75. The van der Waals surface area contributed by atoms with Crippen LogP contribution in [0.5, 0.6) is 0 Å². The predicted octanol–water partition coefficient (Wildman–Crippen LogP) is 1.60. The molecule has 0 spiro atoms. The van der Waals surface area contributed by atoms with Crippen molar-refractivity contribution in [3.8, 4) is 0 Å². The van der Waals surface area contributed by atoms with E-state index in [0.717, 1.165) is 0 Å². The first-order valence-electron chi connectivity index (χ1n) is 6.58. The third-order valence-electron chi connectivity index (χ3n) is 2.35. The van der Waals surface area contributed by atoms with E-state index < -0.39 is 5.97 Å². The van der Waals surface area contributed by atoms with Gasteiger partial charge in [0.05, 0.1) is 13.0 Å². The number of aliphatic carboxylic acids is 1. The molecule has 19 heavy (non-hydrogen) atoms. The van der Waals surface area contributed by atoms with Gasteiger partial charge >= 0.3 is 12.0 Å². The maximum atomic E-state index is 11.6. The molecule has 0 aliphatic carbocycles. The number of rotatable bonds is 8. The van der Waals surface area contributed by atoms with Gasteiger partial charge in [0.2, 0.25) is 0 Å². The van der Waals surface area contributed by atoms with Crippen molar-refractivity contribution in [2.45, 2.75) is 46.6 Å². The van der Waals surface area contributed by atoms with Crippen LogP contribution in [0.25, 0.3) is 0 Å². The summed E-state index contributed by atoms with van der Waals surface area (Å²) in [5, 5.41) is 14.2. The Balaban J connectivity index is 4.15. The number of hydrogen-bond donors (Lipinski definition) is 3. The summed E-state index contributed by atoms with van der Waals surface area (Å²) in [6.45, 7) is 9.38. The number of carbonyl (C=O) groups is 2. The van der Waals surface area contributed by atoms with Crippen LogP contribution < -0.4 is 10.6 Å². The highest BCUT2D eigenvalue weighted by Gasteiger charge is 2.22. The van der Waals surface area contributed by atoms with Gasteiger partial charge in [-0.05, 0) is 18.8 Å². The van der Waals surface area contributed by atoms with Crippen molar-refractivity contribution in [1.82, 2.24) is 10.6 Å². The fourth-order valence-corrected chi connectivity index (χ4v) is 1.74. The first-order valence-corrected chi connectivity index (χ1v) is 6.58. The number of ether oxygens (including phenoxy) is 1. The lowest BCUT2D eigenvalue weighted by Gasteiger charge is -2.25. The van der Waals surface area contributed by atoms with Crippen LogP contribution in [0.1, 0.15) is 40.5 Å². The molecular weight excluding hydrogens is 248 g/mol. The van der Waals surface area contributed by atoms with Crippen LogP contribution in [-0.2, 0) is 9.53 Å². The number of carboxylic acids is 1. The van der Waals surface area contributed by atoms with Crippen molar-refractivity contribution in [3.05, 3.63) is 0 Å². The molecule has 0 bridgehead atoms. The minimum atomic E-state index is -0.913. The SMILES string of the molecule is CCOCCNC(=O)NC(CC(=O)O)CC(C)(C)C. The average Bonchev–Trinajstić information content (AvgIpc) is 2.20. The minimum absolute atomic E-state index is 0.0429. The summed E-state index contributed by atoms with van der Waals surface area (Å²) < 4.78 is 5.10. The summed E-state index contributed by atoms with van der Waals surface area (Å²) in [5.74, 6) is -0.913. The Morgan fingerprint density at radius 3 is 2.42 bits per heavy atom. The maximum absolute atomic E-state index is 11.6. The Morgan fingerprint density at radius 1 is 1.32 bits per heavy atom. The van der Waals surface area contributed by atoms with Crippen molar-refractivity contribution in [1.29, 1.82) is 0 Å². The molecule has 112 valence electrons. The summed E-state index contributed by atoms with van der Waals surface area (Å²) in [6.07, 6.45) is 0.536. The van der Waals surface area contributed by atoms with E-state index in [9.17, 15) is 9.59 Å². The molecule has 6 nitrogen and oxygen atoms in total. The fourth-order valence-electron chi connectivity index (χ4n) is 1.74. The van der Waals surface area contributed by atoms with E-state index in [0.29, 0.717) is 26.2 Å². The van der Waals surface area contributed by atoms with E-state index in [1.54, 1.807) is 0 Å². The van der Waals surface area contributed by atoms with E-state index in [4.69, 9.17) is 9.84 Å². The molecule has 0 heterocycles. The molecule has 0 aliphatic rings. The van der Waals surface area contributed by atoms with Crippen molar-refractivity contribution < 1.29 is 19.4 Å². The van der Waals surface area contributed by atoms with Gasteiger partial charge in [0.15, 0.2) is 0 Å². The minimum Gasteiger partial charge on any atom is -0.481 e. The topological polar surface area (TPSA) is 87.7 Å². The number of urea groups is 1. The highest BCUT2D eigenvalue weighted by atomic mass is 16.5. The second-order valence-electron chi connectivity index (χ2n) is 5.66. The van der Waals surface area contributed by atoms with Crippen LogP contribution >= 0.6 is 0 Å². The smallest absolute Gasteiger partial charge is 0.315 e. The molecule has 0 aromatic rings. The Bertz CT molecular complexity index is 287. The largest absolute Gasteiger partial charge is 0.481 e. The molecule has 2 amide bonds. The van der Waals surface area contributed by atoms with E-state index in [1.807, 2.05) is 27.7 Å². The van der Waals surface area contributed by atoms with Crippen LogP contribution in [0.15, 0.2) is 0 Å². The molecule has 6 heteroatoms. The Morgan fingerprint density at radius 2 is 1.95 bits per heavy atom. The Labute approximate surface area is 114 Å². The fraction of sp³-hybridized carbons (Fsp3) is 0.846. The molecule has 0 saturated carbocycles. The van der Waals surface area contributed by atoms with Crippen molar-refractivity contribution >= 4 is 12.0 Å². The predicted molar refractivity (Wildman–Crippen MR) is 73.1 cm³/mol. The zero-order chi connectivity index (χ0) is 14.9. The van der Waals surface area contributed by atoms with Gasteiger partial charge in [-0.1, -0.05) is 20.8 Å². The molecule has 0 aromatic carbocycles. The van der Waals surface area contributed by atoms with Crippen molar-refractivity contribution in [2.75, 3.05) is 19.8 Å². The van der Waals surface area contributed by atoms with E-state index in [1.165, 1.54) is 0 Å². The summed E-state index contributed by atoms with van der Waals surface area (Å²) >= 11 is 0. The van der Waals surface area contributed by atoms with Gasteiger partial charge in [-0.15, -0.1) is 0 Å². The second kappa shape index (κ2) is 8.74. The van der Waals surface area contributed by atoms with Crippen LogP contribution in [0, 0.1) is 5.41 Å². The molecule has 0 saturated heterocycles. The summed E-state index contributed by atoms with van der Waals surface area (Å²) in [4.78, 5) is 22.4. The molecule has 0 rings (SSSR count). The first kappa shape index (κ1) is 17.7. The van der Waals surface area contributed by atoms with Gasteiger partial charge in [-0.3, -0.25) is 4.79 Å². The zero-order valence-corrected chi connectivity index (χ0v) is 12.3. The van der Waals surface area contributed by atoms with E-state index >= 15 is 0 Å². The lowest BCUT2D eigenvalue weighted by Crippen LogP contribution is -2.45. The lowest BCUT2D eigenvalue weighted by molar-refractivity contribution is -0.137. The monoisotopic (exact) mass is 274 g/mol. The second-order valence-corrected chi connectivity index (χ2v) is 5.66. The van der Waals surface area contributed by atoms with Gasteiger partial charge in [0.25, 0.3) is 0 Å². The number of carbonyl (C=O) groups excluding carboxylic acids is 1. The van der Waals surface area contributed by atoms with Gasteiger partial charge in [0.1, 0.15) is 0 Å². The van der Waals surface area contributed by atoms with Gasteiger partial charge in [-0.2, -0.15) is 0 Å². The molecule has 0 aliphatic heterocycles. The van der Waals surface area contributed by atoms with Gasteiger partial charge in [0, 0.05) is 19.2 Å². The summed E-state index contributed by atoms with van der Waals surface area (Å²) in [5.41, 5.74) is -0.0429. The number of amides is 2. The summed E-state index contributed by atoms with van der Waals surface area (Å²) in [7, 11) is 0. The van der Waals surface area contributed by atoms with Crippen LogP contribution in [0.4, 0.5) is 4.79 Å². The van der Waals surface area contributed by atoms with Crippen molar-refractivity contribution in [2.24, 2.45) is 5.41 Å². The molecule has 0 aromatic heterocycles. The number of nitrogens with one attached hydrogen (secondary N) is 2. The van der Waals surface area contributed by atoms with E-state index in [-0.39, 0.29) is 23.9 Å². The van der Waals surface area contributed by atoms with Crippen LogP contribution in [0.3, 0.4) is 0 Å². The lowest BCUT2D eigenvalue weighted by atomic mass is 9.87. The molecule has 0 fully saturated rings. The van der Waals surface area contributed by atoms with Gasteiger partial charge in [-0.25, -0.2) is 4.79 Å². The molecule has 0 radical (unpaired) electrons. The molecular formula is C13H26N2O4. The Hall–Kier alpha value is -1.30. The highest BCUT2D eigenvalue weighted by Crippen LogP contribution is 2.22.